The first kappa shape index (κ1) is 8.75. The molecule has 0 radical (unpaired) electrons. The van der Waals surface area contributed by atoms with Crippen molar-refractivity contribution < 1.29 is 4.79 Å². The zero-order chi connectivity index (χ0) is 10.7. The first-order valence-corrected chi connectivity index (χ1v) is 6.41. The van der Waals surface area contributed by atoms with E-state index in [2.05, 4.69) is 9.89 Å². The molecule has 2 unspecified atom stereocenters. The topological polar surface area (TPSA) is 35.9 Å². The van der Waals surface area contributed by atoms with Crippen molar-refractivity contribution >= 4 is 29.3 Å². The van der Waals surface area contributed by atoms with Crippen LogP contribution in [0.1, 0.15) is 16.1 Å². The second-order valence-electron chi connectivity index (χ2n) is 4.44. The minimum absolute atomic E-state index is 0.212. The molecular formula is C11H11N3OS. The SMILES string of the molecule is O=C1c2sccc2N2C=NCC2C2CCN12. The maximum atomic E-state index is 12.3. The Kier molecular flexibility index (Phi) is 1.56. The van der Waals surface area contributed by atoms with Gasteiger partial charge >= 0.3 is 0 Å². The molecule has 1 aromatic heterocycles. The van der Waals surface area contributed by atoms with Gasteiger partial charge in [0.15, 0.2) is 0 Å². The van der Waals surface area contributed by atoms with Crippen molar-refractivity contribution in [1.29, 1.82) is 0 Å². The van der Waals surface area contributed by atoms with Crippen molar-refractivity contribution in [2.75, 3.05) is 18.0 Å². The Bertz CT molecular complexity index is 495. The second-order valence-corrected chi connectivity index (χ2v) is 5.36. The van der Waals surface area contributed by atoms with Crippen LogP contribution in [-0.2, 0) is 0 Å². The molecule has 1 fully saturated rings. The van der Waals surface area contributed by atoms with Gasteiger partial charge in [-0.2, -0.15) is 0 Å². The van der Waals surface area contributed by atoms with Gasteiger partial charge < -0.3 is 9.80 Å². The van der Waals surface area contributed by atoms with Crippen molar-refractivity contribution in [3.05, 3.63) is 16.3 Å². The van der Waals surface area contributed by atoms with Crippen LogP contribution in [0, 0.1) is 0 Å². The Morgan fingerprint density at radius 3 is 3.19 bits per heavy atom. The van der Waals surface area contributed by atoms with E-state index < -0.39 is 0 Å². The summed E-state index contributed by atoms with van der Waals surface area (Å²) >= 11 is 1.54. The summed E-state index contributed by atoms with van der Waals surface area (Å²) in [7, 11) is 0. The van der Waals surface area contributed by atoms with Crippen molar-refractivity contribution in [2.45, 2.75) is 18.5 Å². The fourth-order valence-electron chi connectivity index (χ4n) is 2.82. The average molecular weight is 233 g/mol. The van der Waals surface area contributed by atoms with E-state index in [4.69, 9.17) is 0 Å². The Morgan fingerprint density at radius 1 is 1.44 bits per heavy atom. The number of fused-ring (bicyclic) bond motifs is 5. The fraction of sp³-hybridized carbons (Fsp3) is 0.455. The molecule has 16 heavy (non-hydrogen) atoms. The molecule has 5 heteroatoms. The largest absolute Gasteiger partial charge is 0.333 e. The number of carbonyl (C=O) groups is 1. The van der Waals surface area contributed by atoms with Gasteiger partial charge in [0, 0.05) is 6.54 Å². The molecular weight excluding hydrogens is 222 g/mol. The lowest BCUT2D eigenvalue weighted by molar-refractivity contribution is 0.0439. The van der Waals surface area contributed by atoms with Gasteiger partial charge in [0.05, 0.1) is 30.7 Å². The van der Waals surface area contributed by atoms with Crippen molar-refractivity contribution in [3.63, 3.8) is 0 Å². The first-order valence-electron chi connectivity index (χ1n) is 5.53. The Hall–Kier alpha value is -1.36. The molecule has 0 bridgehead atoms. The van der Waals surface area contributed by atoms with E-state index >= 15 is 0 Å². The monoisotopic (exact) mass is 233 g/mol. The van der Waals surface area contributed by atoms with Gasteiger partial charge in [0.25, 0.3) is 5.91 Å². The van der Waals surface area contributed by atoms with E-state index in [1.54, 1.807) is 11.3 Å². The molecule has 3 aliphatic heterocycles. The van der Waals surface area contributed by atoms with Crippen molar-refractivity contribution in [2.24, 2.45) is 4.99 Å². The summed E-state index contributed by atoms with van der Waals surface area (Å²) in [5, 5.41) is 1.99. The van der Waals surface area contributed by atoms with Crippen LogP contribution in [0.25, 0.3) is 0 Å². The molecule has 2 atom stereocenters. The van der Waals surface area contributed by atoms with E-state index in [1.165, 1.54) is 0 Å². The third-order valence-corrected chi connectivity index (χ3v) is 4.64. The lowest BCUT2D eigenvalue weighted by atomic mass is 9.95. The molecule has 4 heterocycles. The van der Waals surface area contributed by atoms with Crippen LogP contribution < -0.4 is 4.90 Å². The number of rotatable bonds is 0. The number of hydrogen-bond acceptors (Lipinski definition) is 4. The molecule has 1 saturated heterocycles. The zero-order valence-corrected chi connectivity index (χ0v) is 9.48. The highest BCUT2D eigenvalue weighted by Gasteiger charge is 2.46. The molecule has 4 nitrogen and oxygen atoms in total. The summed E-state index contributed by atoms with van der Waals surface area (Å²) in [5.74, 6) is 0.212. The van der Waals surface area contributed by atoms with E-state index in [1.807, 2.05) is 22.7 Å². The molecule has 1 aromatic rings. The number of aliphatic imine (C=N–C) groups is 1. The number of hydrogen-bond donors (Lipinski definition) is 0. The summed E-state index contributed by atoms with van der Waals surface area (Å²) in [6.45, 7) is 1.73. The fourth-order valence-corrected chi connectivity index (χ4v) is 3.67. The number of amides is 1. The molecule has 0 aromatic carbocycles. The molecule has 82 valence electrons. The number of nitrogens with zero attached hydrogens (tertiary/aromatic N) is 3. The highest BCUT2D eigenvalue weighted by atomic mass is 32.1. The first-order chi connectivity index (χ1) is 7.86. The summed E-state index contributed by atoms with van der Waals surface area (Å²) in [6, 6.07) is 2.77. The van der Waals surface area contributed by atoms with Gasteiger partial charge in [-0.15, -0.1) is 11.3 Å². The van der Waals surface area contributed by atoms with Gasteiger partial charge in [-0.25, -0.2) is 0 Å². The molecule has 3 aliphatic rings. The van der Waals surface area contributed by atoms with Crippen LogP contribution in [0.5, 0.6) is 0 Å². The lowest BCUT2D eigenvalue weighted by Gasteiger charge is -2.43. The Balaban J connectivity index is 1.90. The van der Waals surface area contributed by atoms with Crippen LogP contribution in [0.3, 0.4) is 0 Å². The predicted molar refractivity (Wildman–Crippen MR) is 63.4 cm³/mol. The van der Waals surface area contributed by atoms with E-state index in [0.717, 1.165) is 30.1 Å². The summed E-state index contributed by atoms with van der Waals surface area (Å²) in [4.78, 5) is 21.7. The Labute approximate surface area is 97.2 Å². The molecule has 0 saturated carbocycles. The molecule has 0 spiro atoms. The van der Waals surface area contributed by atoms with Gasteiger partial charge in [0.1, 0.15) is 4.88 Å². The second kappa shape index (κ2) is 2.85. The summed E-state index contributed by atoms with van der Waals surface area (Å²) in [6.07, 6.45) is 3.01. The van der Waals surface area contributed by atoms with Gasteiger partial charge in [0.2, 0.25) is 0 Å². The normalized spacial score (nSPS) is 30.6. The van der Waals surface area contributed by atoms with Crippen molar-refractivity contribution in [1.82, 2.24) is 4.90 Å². The minimum Gasteiger partial charge on any atom is -0.333 e. The zero-order valence-electron chi connectivity index (χ0n) is 8.67. The molecule has 4 rings (SSSR count). The number of thiophene rings is 1. The van der Waals surface area contributed by atoms with Gasteiger partial charge in [-0.05, 0) is 17.9 Å². The molecule has 0 aliphatic carbocycles. The Morgan fingerprint density at radius 2 is 2.38 bits per heavy atom. The maximum absolute atomic E-state index is 12.3. The highest BCUT2D eigenvalue weighted by Crippen LogP contribution is 2.39. The smallest absolute Gasteiger partial charge is 0.266 e. The average Bonchev–Trinajstić information content (AvgIpc) is 2.80. The predicted octanol–water partition coefficient (Wildman–Crippen LogP) is 1.19. The third kappa shape index (κ3) is 0.899. The molecule has 0 N–H and O–H groups in total. The van der Waals surface area contributed by atoms with E-state index in [9.17, 15) is 4.79 Å². The maximum Gasteiger partial charge on any atom is 0.266 e. The lowest BCUT2D eigenvalue weighted by Crippen LogP contribution is -2.59. The standard InChI is InChI=1S/C11H11N3OS/c15-11-10-8(2-4-16-10)14-6-12-5-9(14)7-1-3-13(7)11/h2,4,6-7,9H,1,3,5H2. The van der Waals surface area contributed by atoms with Crippen LogP contribution in [0.15, 0.2) is 16.4 Å². The third-order valence-electron chi connectivity index (χ3n) is 3.74. The van der Waals surface area contributed by atoms with Crippen molar-refractivity contribution in [3.8, 4) is 0 Å². The van der Waals surface area contributed by atoms with E-state index in [0.29, 0.717) is 12.1 Å². The number of carbonyl (C=O) groups excluding carboxylic acids is 1. The summed E-state index contributed by atoms with van der Waals surface area (Å²) < 4.78 is 0. The van der Waals surface area contributed by atoms with Crippen LogP contribution in [0.4, 0.5) is 5.69 Å². The van der Waals surface area contributed by atoms with Gasteiger partial charge in [-0.1, -0.05) is 0 Å². The summed E-state index contributed by atoms with van der Waals surface area (Å²) in [5.41, 5.74) is 1.05. The minimum atomic E-state index is 0.212. The van der Waals surface area contributed by atoms with Crippen LogP contribution >= 0.6 is 11.3 Å². The van der Waals surface area contributed by atoms with Crippen LogP contribution in [-0.4, -0.2) is 42.3 Å². The quantitative estimate of drug-likeness (QED) is 0.675. The van der Waals surface area contributed by atoms with Crippen LogP contribution in [0.2, 0.25) is 0 Å². The van der Waals surface area contributed by atoms with Gasteiger partial charge in [-0.3, -0.25) is 9.79 Å². The van der Waals surface area contributed by atoms with E-state index in [-0.39, 0.29) is 5.91 Å². The highest BCUT2D eigenvalue weighted by molar-refractivity contribution is 7.12. The molecule has 1 amide bonds. The number of anilines is 1.